The van der Waals surface area contributed by atoms with Crippen molar-refractivity contribution in [1.29, 1.82) is 0 Å². The van der Waals surface area contributed by atoms with E-state index in [1.165, 1.54) is 29.0 Å². The number of anilines is 3. The van der Waals surface area contributed by atoms with Gasteiger partial charge in [0.2, 0.25) is 5.95 Å². The highest BCUT2D eigenvalue weighted by Crippen LogP contribution is 2.26. The van der Waals surface area contributed by atoms with Crippen molar-refractivity contribution in [3.63, 3.8) is 0 Å². The van der Waals surface area contributed by atoms with Gasteiger partial charge in [0.25, 0.3) is 5.56 Å². The summed E-state index contributed by atoms with van der Waals surface area (Å²) in [5.41, 5.74) is 8.00. The van der Waals surface area contributed by atoms with Gasteiger partial charge in [0, 0.05) is 29.8 Å². The highest BCUT2D eigenvalue weighted by atomic mass is 19.1. The Kier molecular flexibility index (Phi) is 6.80. The number of amides is 2. The number of halogens is 1. The number of urea groups is 1. The molecule has 39 heavy (non-hydrogen) atoms. The molecule has 0 aliphatic heterocycles. The summed E-state index contributed by atoms with van der Waals surface area (Å²) in [5.74, 6) is -0.0337. The van der Waals surface area contributed by atoms with Crippen molar-refractivity contribution < 1.29 is 9.18 Å². The predicted octanol–water partition coefficient (Wildman–Crippen LogP) is 5.15. The van der Waals surface area contributed by atoms with Crippen molar-refractivity contribution in [3.8, 4) is 16.8 Å². The first kappa shape index (κ1) is 25.6. The van der Waals surface area contributed by atoms with Crippen molar-refractivity contribution in [2.24, 2.45) is 0 Å². The Labute approximate surface area is 223 Å². The highest BCUT2D eigenvalue weighted by Gasteiger charge is 2.17. The molecule has 10 nitrogen and oxygen atoms in total. The smallest absolute Gasteiger partial charge is 0.324 e. The van der Waals surface area contributed by atoms with Gasteiger partial charge >= 0.3 is 6.03 Å². The molecule has 5 aromatic rings. The third kappa shape index (κ3) is 5.06. The van der Waals surface area contributed by atoms with Crippen molar-refractivity contribution in [2.75, 3.05) is 16.4 Å². The van der Waals surface area contributed by atoms with Crippen LogP contribution in [0.1, 0.15) is 32.4 Å². The minimum absolute atomic E-state index is 0.0604. The normalized spacial score (nSPS) is 11.2. The molecular formula is C28H27FN8O2. The molecule has 0 atom stereocenters. The predicted molar refractivity (Wildman–Crippen MR) is 150 cm³/mol. The summed E-state index contributed by atoms with van der Waals surface area (Å²) in [6, 6.07) is 16.2. The molecule has 11 heteroatoms. The molecule has 4 N–H and O–H groups in total. The van der Waals surface area contributed by atoms with Crippen LogP contribution >= 0.6 is 0 Å². The Balaban J connectivity index is 1.47. The molecule has 0 saturated heterocycles. The second kappa shape index (κ2) is 10.4. The van der Waals surface area contributed by atoms with Crippen molar-refractivity contribution in [1.82, 2.24) is 24.3 Å². The van der Waals surface area contributed by atoms with Gasteiger partial charge in [0.15, 0.2) is 0 Å². The number of rotatable bonds is 6. The van der Waals surface area contributed by atoms with E-state index in [0.29, 0.717) is 34.5 Å². The number of nitrogen functional groups attached to an aromatic ring is 1. The Morgan fingerprint density at radius 3 is 2.56 bits per heavy atom. The SMILES string of the molecule is CCn1c(=O)c(-c2ccc(F)c(NC(=O)Nc3cc(C(C)C)nn3-c3ccccc3)c2)cc2cnc(N)nc21. The standard InChI is InChI=1S/C28H27FN8O2/c1-4-36-25-18(15-31-27(30)34-25)12-20(26(36)38)17-10-11-21(29)23(13-17)32-28(39)33-24-14-22(16(2)3)35-37(24)19-8-6-5-7-9-19/h5-16H,4H2,1-3H3,(H2,30,31,34)(H2,32,33,39). The van der Waals surface area contributed by atoms with Crippen LogP contribution in [-0.2, 0) is 6.54 Å². The van der Waals surface area contributed by atoms with E-state index in [-0.39, 0.29) is 23.1 Å². The summed E-state index contributed by atoms with van der Waals surface area (Å²) in [7, 11) is 0. The van der Waals surface area contributed by atoms with Crippen molar-refractivity contribution >= 4 is 34.5 Å². The molecule has 0 aliphatic rings. The molecule has 0 radical (unpaired) electrons. The van der Waals surface area contributed by atoms with E-state index in [9.17, 15) is 14.0 Å². The summed E-state index contributed by atoms with van der Waals surface area (Å²) in [6.45, 7) is 6.17. The number of fused-ring (bicyclic) bond motifs is 1. The summed E-state index contributed by atoms with van der Waals surface area (Å²) < 4.78 is 17.9. The largest absolute Gasteiger partial charge is 0.368 e. The second-order valence-corrected chi connectivity index (χ2v) is 9.24. The second-order valence-electron chi connectivity index (χ2n) is 9.24. The lowest BCUT2D eigenvalue weighted by Crippen LogP contribution is -2.23. The molecular weight excluding hydrogens is 499 g/mol. The monoisotopic (exact) mass is 526 g/mol. The third-order valence-corrected chi connectivity index (χ3v) is 6.25. The minimum Gasteiger partial charge on any atom is -0.368 e. The Morgan fingerprint density at radius 2 is 1.85 bits per heavy atom. The lowest BCUT2D eigenvalue weighted by Gasteiger charge is -2.13. The summed E-state index contributed by atoms with van der Waals surface area (Å²) in [6.07, 6.45) is 1.53. The average Bonchev–Trinajstić information content (AvgIpc) is 3.34. The number of benzene rings is 2. The first-order valence-corrected chi connectivity index (χ1v) is 12.4. The molecule has 5 rings (SSSR count). The van der Waals surface area contributed by atoms with Gasteiger partial charge in [-0.05, 0) is 48.7 Å². The molecule has 0 unspecified atom stereocenters. The molecule has 3 heterocycles. The molecule has 0 saturated carbocycles. The minimum atomic E-state index is -0.660. The van der Waals surface area contributed by atoms with Crippen LogP contribution in [-0.4, -0.2) is 30.3 Å². The fraction of sp³-hybridized carbons (Fsp3) is 0.179. The molecule has 0 bridgehead atoms. The number of carbonyl (C=O) groups excluding carboxylic acids is 1. The summed E-state index contributed by atoms with van der Waals surface area (Å²) in [4.78, 5) is 34.5. The molecule has 0 fully saturated rings. The number of hydrogen-bond acceptors (Lipinski definition) is 6. The van der Waals surface area contributed by atoms with E-state index in [4.69, 9.17) is 5.73 Å². The average molecular weight is 527 g/mol. The summed E-state index contributed by atoms with van der Waals surface area (Å²) in [5, 5.41) is 10.5. The van der Waals surface area contributed by atoms with E-state index < -0.39 is 11.8 Å². The number of carbonyl (C=O) groups is 1. The fourth-order valence-corrected chi connectivity index (χ4v) is 4.27. The van der Waals surface area contributed by atoms with Gasteiger partial charge < -0.3 is 11.1 Å². The lowest BCUT2D eigenvalue weighted by atomic mass is 10.0. The first-order chi connectivity index (χ1) is 18.7. The number of aromatic nitrogens is 5. The van der Waals surface area contributed by atoms with Crippen LogP contribution < -0.4 is 21.9 Å². The van der Waals surface area contributed by atoms with E-state index >= 15 is 0 Å². The number of nitrogens with two attached hydrogens (primary N) is 1. The molecule has 2 amide bonds. The Hall–Kier alpha value is -5.06. The number of pyridine rings is 1. The molecule has 0 aliphatic carbocycles. The zero-order chi connectivity index (χ0) is 27.7. The van der Waals surface area contributed by atoms with Crippen LogP contribution in [0.25, 0.3) is 27.8 Å². The number of aryl methyl sites for hydroxylation is 1. The van der Waals surface area contributed by atoms with Crippen LogP contribution in [0.15, 0.2) is 71.7 Å². The fourth-order valence-electron chi connectivity index (χ4n) is 4.27. The van der Waals surface area contributed by atoms with E-state index in [0.717, 1.165) is 11.4 Å². The molecule has 3 aromatic heterocycles. The maximum absolute atomic E-state index is 14.8. The van der Waals surface area contributed by atoms with Gasteiger partial charge in [-0.3, -0.25) is 14.7 Å². The van der Waals surface area contributed by atoms with Crippen LogP contribution in [0.4, 0.5) is 26.6 Å². The number of nitrogens with one attached hydrogen (secondary N) is 2. The Bertz CT molecular complexity index is 1740. The van der Waals surface area contributed by atoms with Gasteiger partial charge in [-0.25, -0.2) is 18.9 Å². The van der Waals surface area contributed by atoms with Gasteiger partial charge in [-0.1, -0.05) is 38.1 Å². The highest BCUT2D eigenvalue weighted by molar-refractivity contribution is 6.00. The van der Waals surface area contributed by atoms with E-state index in [1.54, 1.807) is 16.8 Å². The molecule has 0 spiro atoms. The zero-order valence-corrected chi connectivity index (χ0v) is 21.6. The Morgan fingerprint density at radius 1 is 1.08 bits per heavy atom. The number of nitrogens with zero attached hydrogens (tertiary/aromatic N) is 5. The van der Waals surface area contributed by atoms with Crippen LogP contribution in [0.3, 0.4) is 0 Å². The van der Waals surface area contributed by atoms with Gasteiger partial charge in [-0.15, -0.1) is 0 Å². The zero-order valence-electron chi connectivity index (χ0n) is 21.6. The van der Waals surface area contributed by atoms with E-state index in [2.05, 4.69) is 25.7 Å². The van der Waals surface area contributed by atoms with Crippen LogP contribution in [0.5, 0.6) is 0 Å². The topological polar surface area (TPSA) is 133 Å². The maximum atomic E-state index is 14.8. The van der Waals surface area contributed by atoms with Gasteiger partial charge in [0.1, 0.15) is 17.3 Å². The van der Waals surface area contributed by atoms with Gasteiger partial charge in [-0.2, -0.15) is 10.1 Å². The first-order valence-electron chi connectivity index (χ1n) is 12.4. The van der Waals surface area contributed by atoms with Crippen molar-refractivity contribution in [2.45, 2.75) is 33.2 Å². The lowest BCUT2D eigenvalue weighted by molar-refractivity contribution is 0.262. The van der Waals surface area contributed by atoms with Gasteiger partial charge in [0.05, 0.1) is 17.1 Å². The van der Waals surface area contributed by atoms with Crippen LogP contribution in [0.2, 0.25) is 0 Å². The van der Waals surface area contributed by atoms with Crippen molar-refractivity contribution in [3.05, 3.63) is 88.7 Å². The third-order valence-electron chi connectivity index (χ3n) is 6.25. The molecule has 198 valence electrons. The molecule has 2 aromatic carbocycles. The summed E-state index contributed by atoms with van der Waals surface area (Å²) >= 11 is 0. The van der Waals surface area contributed by atoms with Crippen LogP contribution in [0, 0.1) is 5.82 Å². The quantitative estimate of drug-likeness (QED) is 0.280. The van der Waals surface area contributed by atoms with E-state index in [1.807, 2.05) is 51.1 Å². The maximum Gasteiger partial charge on any atom is 0.324 e. The number of hydrogen-bond donors (Lipinski definition) is 3. The number of para-hydroxylation sites is 1.